The van der Waals surface area contributed by atoms with Crippen molar-refractivity contribution in [2.75, 3.05) is 38.2 Å². The number of hydrogen-bond donors (Lipinski definition) is 1. The van der Waals surface area contributed by atoms with Gasteiger partial charge < -0.3 is 19.5 Å². The normalized spacial score (nSPS) is 17.1. The molecule has 2 aliphatic rings. The number of allylic oxidation sites excluding steroid dienone is 1. The van der Waals surface area contributed by atoms with Crippen molar-refractivity contribution in [3.05, 3.63) is 88.1 Å². The lowest BCUT2D eigenvalue weighted by atomic mass is 10.0. The molecule has 2 aliphatic heterocycles. The first-order valence-electron chi connectivity index (χ1n) is 11.2. The molecule has 34 heavy (non-hydrogen) atoms. The Balaban J connectivity index is 1.34. The van der Waals surface area contributed by atoms with Crippen LogP contribution in [0.25, 0.3) is 6.08 Å². The Bertz CT molecular complexity index is 1270. The van der Waals surface area contributed by atoms with Crippen LogP contribution in [0.4, 0.5) is 5.69 Å². The molecule has 0 unspecified atom stereocenters. The number of carbonyl (C=O) groups excluding carboxylic acids is 1. The molecule has 0 aliphatic carbocycles. The monoisotopic (exact) mass is 476 g/mol. The van der Waals surface area contributed by atoms with Gasteiger partial charge in [-0.25, -0.2) is 0 Å². The predicted octanol–water partition coefficient (Wildman–Crippen LogP) is 4.99. The van der Waals surface area contributed by atoms with Crippen LogP contribution >= 0.6 is 11.6 Å². The van der Waals surface area contributed by atoms with Gasteiger partial charge in [-0.15, -0.1) is 0 Å². The summed E-state index contributed by atoms with van der Waals surface area (Å²) in [7, 11) is 1.59. The summed E-state index contributed by atoms with van der Waals surface area (Å²) in [6.45, 7) is 3.80. The Labute approximate surface area is 203 Å². The van der Waals surface area contributed by atoms with Gasteiger partial charge in [0.1, 0.15) is 17.2 Å². The number of carbonyl (C=O) groups is 1. The molecule has 6 nitrogen and oxygen atoms in total. The SMILES string of the molecule is COc1ccccc1/C=C1\Oc2c(ccc(O)c2CN2CCN(c3cccc(Cl)c3)CC2)C1=O. The van der Waals surface area contributed by atoms with Gasteiger partial charge in [-0.3, -0.25) is 9.69 Å². The number of ether oxygens (including phenoxy) is 2. The van der Waals surface area contributed by atoms with Crippen LogP contribution in [0.15, 0.2) is 66.4 Å². The maximum absolute atomic E-state index is 13.0. The summed E-state index contributed by atoms with van der Waals surface area (Å²) >= 11 is 6.15. The minimum Gasteiger partial charge on any atom is -0.507 e. The topological polar surface area (TPSA) is 62.2 Å². The van der Waals surface area contributed by atoms with E-state index in [2.05, 4.69) is 15.9 Å². The van der Waals surface area contributed by atoms with Crippen molar-refractivity contribution in [1.29, 1.82) is 0 Å². The Hall–Kier alpha value is -3.48. The lowest BCUT2D eigenvalue weighted by molar-refractivity contribution is 0.101. The van der Waals surface area contributed by atoms with E-state index in [1.165, 1.54) is 0 Å². The molecule has 0 spiro atoms. The van der Waals surface area contributed by atoms with Crippen molar-refractivity contribution < 1.29 is 19.4 Å². The van der Waals surface area contributed by atoms with Gasteiger partial charge >= 0.3 is 0 Å². The highest BCUT2D eigenvalue weighted by molar-refractivity contribution is 6.30. The second-order valence-electron chi connectivity index (χ2n) is 8.36. The van der Waals surface area contributed by atoms with Crippen LogP contribution in [0, 0.1) is 0 Å². The van der Waals surface area contributed by atoms with Gasteiger partial charge in [-0.1, -0.05) is 35.9 Å². The van der Waals surface area contributed by atoms with Crippen molar-refractivity contribution in [2.24, 2.45) is 0 Å². The predicted molar refractivity (Wildman–Crippen MR) is 133 cm³/mol. The average Bonchev–Trinajstić information content (AvgIpc) is 3.17. The zero-order valence-electron chi connectivity index (χ0n) is 18.8. The molecule has 0 saturated carbocycles. The van der Waals surface area contributed by atoms with Crippen LogP contribution < -0.4 is 14.4 Å². The summed E-state index contributed by atoms with van der Waals surface area (Å²) in [6.07, 6.45) is 1.69. The first-order chi connectivity index (χ1) is 16.5. The number of hydrogen-bond acceptors (Lipinski definition) is 6. The number of Topliss-reactive ketones (excluding diaryl/α,β-unsaturated/α-hetero) is 1. The minimum absolute atomic E-state index is 0.127. The van der Waals surface area contributed by atoms with Gasteiger partial charge in [-0.05, 0) is 42.5 Å². The second kappa shape index (κ2) is 9.41. The van der Waals surface area contributed by atoms with Crippen LogP contribution in [0.5, 0.6) is 17.2 Å². The van der Waals surface area contributed by atoms with E-state index < -0.39 is 0 Å². The molecule has 1 saturated heterocycles. The molecule has 1 N–H and O–H groups in total. The van der Waals surface area contributed by atoms with Crippen molar-refractivity contribution in [3.8, 4) is 17.2 Å². The lowest BCUT2D eigenvalue weighted by Gasteiger charge is -2.36. The fourth-order valence-electron chi connectivity index (χ4n) is 4.44. The third-order valence-corrected chi connectivity index (χ3v) is 6.50. The third kappa shape index (κ3) is 4.34. The van der Waals surface area contributed by atoms with E-state index in [-0.39, 0.29) is 17.3 Å². The molecule has 0 aromatic heterocycles. The van der Waals surface area contributed by atoms with E-state index in [0.717, 1.165) is 42.5 Å². The van der Waals surface area contributed by atoms with E-state index in [9.17, 15) is 9.90 Å². The lowest BCUT2D eigenvalue weighted by Crippen LogP contribution is -2.46. The number of piperazine rings is 1. The van der Waals surface area contributed by atoms with Crippen molar-refractivity contribution >= 4 is 29.1 Å². The number of rotatable bonds is 5. The maximum Gasteiger partial charge on any atom is 0.231 e. The smallest absolute Gasteiger partial charge is 0.231 e. The standard InChI is InChI=1S/C27H25ClN2O4/c1-33-24-8-3-2-5-18(24)15-25-26(32)21-9-10-23(31)22(27(21)34-25)17-29-11-13-30(14-12-29)20-7-4-6-19(28)16-20/h2-10,15-16,31H,11-14,17H2,1H3/b25-15-. The fraction of sp³-hybridized carbons (Fsp3) is 0.222. The number of aromatic hydroxyl groups is 1. The Kier molecular flexibility index (Phi) is 6.18. The number of benzene rings is 3. The summed E-state index contributed by atoms with van der Waals surface area (Å²) in [4.78, 5) is 17.6. The number of anilines is 1. The first-order valence-corrected chi connectivity index (χ1v) is 11.6. The fourth-order valence-corrected chi connectivity index (χ4v) is 4.62. The highest BCUT2D eigenvalue weighted by Gasteiger charge is 2.32. The van der Waals surface area contributed by atoms with Crippen LogP contribution in [-0.4, -0.2) is 49.1 Å². The van der Waals surface area contributed by atoms with E-state index in [1.54, 1.807) is 25.3 Å². The number of phenolic OH excluding ortho intramolecular Hbond substituents is 1. The number of methoxy groups -OCH3 is 1. The number of phenols is 1. The summed E-state index contributed by atoms with van der Waals surface area (Å²) in [5.74, 6) is 1.24. The Morgan fingerprint density at radius 2 is 1.85 bits per heavy atom. The van der Waals surface area contributed by atoms with Crippen LogP contribution in [0.2, 0.25) is 5.02 Å². The molecule has 0 bridgehead atoms. The number of para-hydroxylation sites is 1. The van der Waals surface area contributed by atoms with Crippen LogP contribution in [-0.2, 0) is 6.54 Å². The molecule has 3 aromatic carbocycles. The van der Waals surface area contributed by atoms with Gasteiger partial charge in [0.05, 0.1) is 18.2 Å². The van der Waals surface area contributed by atoms with Crippen molar-refractivity contribution in [3.63, 3.8) is 0 Å². The summed E-state index contributed by atoms with van der Waals surface area (Å²) in [5, 5.41) is 11.4. The van der Waals surface area contributed by atoms with Gasteiger partial charge in [-0.2, -0.15) is 0 Å². The summed E-state index contributed by atoms with van der Waals surface area (Å²) < 4.78 is 11.4. The number of nitrogens with zero attached hydrogens (tertiary/aromatic N) is 2. The van der Waals surface area contributed by atoms with E-state index in [1.807, 2.05) is 42.5 Å². The summed E-state index contributed by atoms with van der Waals surface area (Å²) in [6, 6.07) is 18.5. The van der Waals surface area contributed by atoms with E-state index in [0.29, 0.717) is 29.2 Å². The quantitative estimate of drug-likeness (QED) is 0.523. The number of ketones is 1. The maximum atomic E-state index is 13.0. The number of fused-ring (bicyclic) bond motifs is 1. The van der Waals surface area contributed by atoms with Gasteiger partial charge in [0.25, 0.3) is 0 Å². The Morgan fingerprint density at radius 3 is 2.62 bits per heavy atom. The van der Waals surface area contributed by atoms with Crippen molar-refractivity contribution in [2.45, 2.75) is 6.54 Å². The molecule has 0 radical (unpaired) electrons. The molecule has 3 aromatic rings. The van der Waals surface area contributed by atoms with Gasteiger partial charge in [0.2, 0.25) is 5.78 Å². The molecule has 1 fully saturated rings. The molecular formula is C27H25ClN2O4. The molecule has 174 valence electrons. The molecule has 0 amide bonds. The average molecular weight is 477 g/mol. The van der Waals surface area contributed by atoms with Crippen LogP contribution in [0.1, 0.15) is 21.5 Å². The van der Waals surface area contributed by atoms with Crippen LogP contribution in [0.3, 0.4) is 0 Å². The summed E-state index contributed by atoms with van der Waals surface area (Å²) in [5.41, 5.74) is 2.96. The highest BCUT2D eigenvalue weighted by Crippen LogP contribution is 2.40. The van der Waals surface area contributed by atoms with E-state index in [4.69, 9.17) is 21.1 Å². The molecule has 2 heterocycles. The number of halogens is 1. The molecule has 5 rings (SSSR count). The van der Waals surface area contributed by atoms with Gasteiger partial charge in [0, 0.05) is 49.0 Å². The van der Waals surface area contributed by atoms with E-state index >= 15 is 0 Å². The molecular weight excluding hydrogens is 452 g/mol. The van der Waals surface area contributed by atoms with Gasteiger partial charge in [0.15, 0.2) is 5.76 Å². The zero-order chi connectivity index (χ0) is 23.7. The third-order valence-electron chi connectivity index (χ3n) is 6.27. The second-order valence-corrected chi connectivity index (χ2v) is 8.80. The minimum atomic E-state index is -0.201. The molecule has 0 atom stereocenters. The zero-order valence-corrected chi connectivity index (χ0v) is 19.6. The Morgan fingerprint density at radius 1 is 1.06 bits per heavy atom. The molecule has 7 heteroatoms. The highest BCUT2D eigenvalue weighted by atomic mass is 35.5. The van der Waals surface area contributed by atoms with Crippen molar-refractivity contribution in [1.82, 2.24) is 4.90 Å². The largest absolute Gasteiger partial charge is 0.507 e. The first kappa shape index (κ1) is 22.3.